The minimum absolute atomic E-state index is 0.120. The van der Waals surface area contributed by atoms with Crippen molar-refractivity contribution in [1.82, 2.24) is 4.98 Å². The molecule has 0 aliphatic rings. The minimum atomic E-state index is -0.564. The summed E-state index contributed by atoms with van der Waals surface area (Å²) >= 11 is 0. The third-order valence-electron chi connectivity index (χ3n) is 3.18. The van der Waals surface area contributed by atoms with Crippen LogP contribution in [0.2, 0.25) is 0 Å². The average Bonchev–Trinajstić information content (AvgIpc) is 2.54. The summed E-state index contributed by atoms with van der Waals surface area (Å²) in [5, 5.41) is 13.7. The fourth-order valence-electron chi connectivity index (χ4n) is 2.02. The number of aromatic nitrogens is 1. The number of nitro benzene ring substituents is 1. The lowest BCUT2D eigenvalue weighted by Crippen LogP contribution is -2.15. The maximum Gasteiger partial charge on any atom is 0.296 e. The smallest absolute Gasteiger partial charge is 0.296 e. The number of nitro groups is 1. The summed E-state index contributed by atoms with van der Waals surface area (Å²) in [6.45, 7) is 1.91. The number of pyridine rings is 1. The maximum atomic E-state index is 12.3. The molecule has 7 heteroatoms. The molecule has 1 aromatic carbocycles. The van der Waals surface area contributed by atoms with E-state index < -0.39 is 10.8 Å². The molecule has 0 bridgehead atoms. The molecule has 0 aliphatic carbocycles. The van der Waals surface area contributed by atoms with E-state index in [1.165, 1.54) is 25.4 Å². The van der Waals surface area contributed by atoms with Gasteiger partial charge < -0.3 is 10.1 Å². The van der Waals surface area contributed by atoms with Crippen molar-refractivity contribution in [2.45, 2.75) is 13.3 Å². The molecule has 22 heavy (non-hydrogen) atoms. The Hall–Kier alpha value is -2.96. The maximum absolute atomic E-state index is 12.3. The van der Waals surface area contributed by atoms with E-state index in [9.17, 15) is 14.9 Å². The van der Waals surface area contributed by atoms with E-state index in [1.807, 2.05) is 6.92 Å². The van der Waals surface area contributed by atoms with Crippen molar-refractivity contribution in [3.05, 3.63) is 57.9 Å². The predicted octanol–water partition coefficient (Wildman–Crippen LogP) is 2.81. The first-order chi connectivity index (χ1) is 10.6. The zero-order valence-electron chi connectivity index (χ0n) is 12.2. The van der Waals surface area contributed by atoms with Crippen LogP contribution >= 0.6 is 0 Å². The van der Waals surface area contributed by atoms with Gasteiger partial charge in [-0.3, -0.25) is 19.9 Å². The minimum Gasteiger partial charge on any atom is -0.496 e. The van der Waals surface area contributed by atoms with Crippen LogP contribution in [-0.2, 0) is 6.42 Å². The van der Waals surface area contributed by atoms with E-state index in [4.69, 9.17) is 4.74 Å². The van der Waals surface area contributed by atoms with Crippen LogP contribution in [0.1, 0.15) is 22.8 Å². The van der Waals surface area contributed by atoms with Gasteiger partial charge in [-0.05, 0) is 30.2 Å². The molecule has 0 saturated carbocycles. The Morgan fingerprint density at radius 2 is 2.18 bits per heavy atom. The number of nitrogens with zero attached hydrogens (tertiary/aromatic N) is 2. The molecule has 1 N–H and O–H groups in total. The fraction of sp³-hybridized carbons (Fsp3) is 0.200. The zero-order chi connectivity index (χ0) is 16.1. The highest BCUT2D eigenvalue weighted by Crippen LogP contribution is 2.29. The van der Waals surface area contributed by atoms with Crippen LogP contribution in [-0.4, -0.2) is 22.9 Å². The number of nitrogens with one attached hydrogen (secondary N) is 1. The number of methoxy groups -OCH3 is 1. The molecule has 1 amide bonds. The first-order valence-electron chi connectivity index (χ1n) is 6.63. The van der Waals surface area contributed by atoms with Crippen LogP contribution in [0, 0.1) is 10.1 Å². The summed E-state index contributed by atoms with van der Waals surface area (Å²) in [5.41, 5.74) is 1.12. The van der Waals surface area contributed by atoms with Crippen molar-refractivity contribution in [2.24, 2.45) is 0 Å². The topological polar surface area (TPSA) is 94.4 Å². The molecule has 2 aromatic rings. The summed E-state index contributed by atoms with van der Waals surface area (Å²) < 4.78 is 4.96. The highest BCUT2D eigenvalue weighted by molar-refractivity contribution is 6.06. The highest BCUT2D eigenvalue weighted by atomic mass is 16.6. The van der Waals surface area contributed by atoms with Gasteiger partial charge in [-0.15, -0.1) is 0 Å². The molecule has 0 atom stereocenters. The van der Waals surface area contributed by atoms with Crippen LogP contribution in [0.25, 0.3) is 0 Å². The SMILES string of the molecule is CCc1cnccc1C(=O)Nc1ccc(OC)cc1[N+](=O)[O-]. The van der Waals surface area contributed by atoms with Crippen molar-refractivity contribution < 1.29 is 14.5 Å². The lowest BCUT2D eigenvalue weighted by atomic mass is 10.1. The zero-order valence-corrected chi connectivity index (χ0v) is 12.2. The Bertz CT molecular complexity index is 716. The van der Waals surface area contributed by atoms with Gasteiger partial charge in [-0.1, -0.05) is 6.92 Å². The van der Waals surface area contributed by atoms with Crippen molar-refractivity contribution in [1.29, 1.82) is 0 Å². The van der Waals surface area contributed by atoms with Crippen molar-refractivity contribution in [2.75, 3.05) is 12.4 Å². The normalized spacial score (nSPS) is 10.1. The number of amides is 1. The van der Waals surface area contributed by atoms with Crippen LogP contribution in [0.5, 0.6) is 5.75 Å². The largest absolute Gasteiger partial charge is 0.496 e. The van der Waals surface area contributed by atoms with Gasteiger partial charge in [0.1, 0.15) is 11.4 Å². The van der Waals surface area contributed by atoms with Gasteiger partial charge in [-0.25, -0.2) is 0 Å². The summed E-state index contributed by atoms with van der Waals surface area (Å²) in [5.74, 6) is -0.0598. The lowest BCUT2D eigenvalue weighted by molar-refractivity contribution is -0.384. The third kappa shape index (κ3) is 3.20. The summed E-state index contributed by atoms with van der Waals surface area (Å²) in [6, 6.07) is 5.85. The number of carbonyl (C=O) groups excluding carboxylic acids is 1. The average molecular weight is 301 g/mol. The number of hydrogen-bond donors (Lipinski definition) is 1. The Labute approximate surface area is 127 Å². The molecule has 0 unspecified atom stereocenters. The number of anilines is 1. The number of aryl methyl sites for hydroxylation is 1. The molecule has 0 saturated heterocycles. The number of rotatable bonds is 5. The number of hydrogen-bond acceptors (Lipinski definition) is 5. The van der Waals surface area contributed by atoms with E-state index in [-0.39, 0.29) is 11.4 Å². The Balaban J connectivity index is 2.34. The number of benzene rings is 1. The Kier molecular flexibility index (Phi) is 4.67. The monoisotopic (exact) mass is 301 g/mol. The second-order valence-corrected chi connectivity index (χ2v) is 4.48. The molecular formula is C15H15N3O4. The van der Waals surface area contributed by atoms with E-state index >= 15 is 0 Å². The summed E-state index contributed by atoms with van der Waals surface area (Å²) in [6.07, 6.45) is 3.76. The first-order valence-corrected chi connectivity index (χ1v) is 6.63. The van der Waals surface area contributed by atoms with Gasteiger partial charge in [0.2, 0.25) is 0 Å². The molecule has 0 spiro atoms. The fourth-order valence-corrected chi connectivity index (χ4v) is 2.02. The molecule has 1 heterocycles. The highest BCUT2D eigenvalue weighted by Gasteiger charge is 2.19. The summed E-state index contributed by atoms with van der Waals surface area (Å²) in [7, 11) is 1.42. The van der Waals surface area contributed by atoms with Crippen LogP contribution in [0.15, 0.2) is 36.7 Å². The molecule has 1 aromatic heterocycles. The van der Waals surface area contributed by atoms with Gasteiger partial charge >= 0.3 is 0 Å². The van der Waals surface area contributed by atoms with E-state index in [1.54, 1.807) is 18.3 Å². The summed E-state index contributed by atoms with van der Waals surface area (Å²) in [4.78, 5) is 26.9. The second kappa shape index (κ2) is 6.66. The first kappa shape index (κ1) is 15.4. The third-order valence-corrected chi connectivity index (χ3v) is 3.18. The van der Waals surface area contributed by atoms with Gasteiger partial charge in [0.25, 0.3) is 11.6 Å². The quantitative estimate of drug-likeness (QED) is 0.677. The van der Waals surface area contributed by atoms with Crippen LogP contribution in [0.4, 0.5) is 11.4 Å². The second-order valence-electron chi connectivity index (χ2n) is 4.48. The van der Waals surface area contributed by atoms with Gasteiger partial charge in [0, 0.05) is 18.0 Å². The molecule has 114 valence electrons. The molecule has 0 fully saturated rings. The lowest BCUT2D eigenvalue weighted by Gasteiger charge is -2.09. The molecule has 7 nitrogen and oxygen atoms in total. The number of carbonyl (C=O) groups is 1. The molecule has 2 rings (SSSR count). The van der Waals surface area contributed by atoms with Crippen LogP contribution < -0.4 is 10.1 Å². The number of ether oxygens (including phenoxy) is 1. The van der Waals surface area contributed by atoms with Gasteiger partial charge in [0.15, 0.2) is 0 Å². The molecular weight excluding hydrogens is 286 g/mol. The van der Waals surface area contributed by atoms with E-state index in [2.05, 4.69) is 10.3 Å². The van der Waals surface area contributed by atoms with Crippen molar-refractivity contribution >= 4 is 17.3 Å². The van der Waals surface area contributed by atoms with Gasteiger partial charge in [0.05, 0.1) is 18.1 Å². The van der Waals surface area contributed by atoms with Crippen LogP contribution in [0.3, 0.4) is 0 Å². The Morgan fingerprint density at radius 1 is 1.41 bits per heavy atom. The predicted molar refractivity (Wildman–Crippen MR) is 81.2 cm³/mol. The van der Waals surface area contributed by atoms with E-state index in [0.29, 0.717) is 17.7 Å². The van der Waals surface area contributed by atoms with Crippen molar-refractivity contribution in [3.63, 3.8) is 0 Å². The van der Waals surface area contributed by atoms with Gasteiger partial charge in [-0.2, -0.15) is 0 Å². The Morgan fingerprint density at radius 3 is 2.82 bits per heavy atom. The molecule has 0 radical (unpaired) electrons. The standard InChI is InChI=1S/C15H15N3O4/c1-3-10-9-16-7-6-12(10)15(19)17-13-5-4-11(22-2)8-14(13)18(20)21/h4-9H,3H2,1-2H3,(H,17,19). The van der Waals surface area contributed by atoms with E-state index in [0.717, 1.165) is 5.56 Å². The van der Waals surface area contributed by atoms with Crippen molar-refractivity contribution in [3.8, 4) is 5.75 Å². The molecule has 0 aliphatic heterocycles.